The molecule has 1 heterocycles. The van der Waals surface area contributed by atoms with Crippen LogP contribution in [0.25, 0.3) is 0 Å². The standard InChI is InChI=1S/C14H19BrClN3O/c15-11-3-4-13(12(16)6-11)18-14(20)9-19-5-1-2-10(7-17)8-19/h3-4,6,10H,1-2,5,7-9,17H2,(H,18,20). The summed E-state index contributed by atoms with van der Waals surface area (Å²) in [4.78, 5) is 14.2. The van der Waals surface area contributed by atoms with Crippen LogP contribution in [-0.2, 0) is 4.79 Å². The Morgan fingerprint density at radius 3 is 3.05 bits per heavy atom. The fourth-order valence-corrected chi connectivity index (χ4v) is 3.19. The van der Waals surface area contributed by atoms with Gasteiger partial charge in [-0.25, -0.2) is 0 Å². The normalized spacial score (nSPS) is 19.9. The Kier molecular flexibility index (Phi) is 5.84. The molecule has 0 bridgehead atoms. The van der Waals surface area contributed by atoms with Gasteiger partial charge in [-0.15, -0.1) is 0 Å². The van der Waals surface area contributed by atoms with E-state index in [4.69, 9.17) is 17.3 Å². The van der Waals surface area contributed by atoms with Crippen LogP contribution in [0, 0.1) is 5.92 Å². The maximum atomic E-state index is 12.1. The first kappa shape index (κ1) is 15.8. The first-order valence-electron chi connectivity index (χ1n) is 6.76. The van der Waals surface area contributed by atoms with E-state index in [-0.39, 0.29) is 5.91 Å². The zero-order valence-corrected chi connectivity index (χ0v) is 13.6. The van der Waals surface area contributed by atoms with Gasteiger partial charge in [-0.3, -0.25) is 9.69 Å². The van der Waals surface area contributed by atoms with Gasteiger partial charge in [-0.05, 0) is 50.0 Å². The maximum absolute atomic E-state index is 12.1. The molecular weight excluding hydrogens is 342 g/mol. The highest BCUT2D eigenvalue weighted by atomic mass is 79.9. The third-order valence-electron chi connectivity index (χ3n) is 3.51. The van der Waals surface area contributed by atoms with Crippen LogP contribution in [0.4, 0.5) is 5.69 Å². The first-order valence-corrected chi connectivity index (χ1v) is 7.93. The largest absolute Gasteiger partial charge is 0.330 e. The lowest BCUT2D eigenvalue weighted by molar-refractivity contribution is -0.117. The Morgan fingerprint density at radius 1 is 1.55 bits per heavy atom. The maximum Gasteiger partial charge on any atom is 0.238 e. The molecule has 3 N–H and O–H groups in total. The summed E-state index contributed by atoms with van der Waals surface area (Å²) in [5.41, 5.74) is 6.35. The second-order valence-electron chi connectivity index (χ2n) is 5.15. The molecule has 2 rings (SSSR count). The first-order chi connectivity index (χ1) is 9.58. The third kappa shape index (κ3) is 4.45. The minimum absolute atomic E-state index is 0.0353. The van der Waals surface area contributed by atoms with Gasteiger partial charge in [-0.1, -0.05) is 27.5 Å². The molecule has 0 aromatic heterocycles. The van der Waals surface area contributed by atoms with Gasteiger partial charge in [0.05, 0.1) is 17.3 Å². The number of piperidine rings is 1. The minimum atomic E-state index is -0.0353. The summed E-state index contributed by atoms with van der Waals surface area (Å²) >= 11 is 9.43. The van der Waals surface area contributed by atoms with Gasteiger partial charge in [-0.2, -0.15) is 0 Å². The van der Waals surface area contributed by atoms with Crippen LogP contribution >= 0.6 is 27.5 Å². The molecule has 1 fully saturated rings. The van der Waals surface area contributed by atoms with E-state index in [9.17, 15) is 4.79 Å². The summed E-state index contributed by atoms with van der Waals surface area (Å²) in [7, 11) is 0. The van der Waals surface area contributed by atoms with Gasteiger partial charge < -0.3 is 11.1 Å². The molecule has 0 spiro atoms. The van der Waals surface area contributed by atoms with Crippen molar-refractivity contribution in [3.63, 3.8) is 0 Å². The van der Waals surface area contributed by atoms with Crippen LogP contribution in [0.15, 0.2) is 22.7 Å². The van der Waals surface area contributed by atoms with Crippen LogP contribution in [0.3, 0.4) is 0 Å². The van der Waals surface area contributed by atoms with Gasteiger partial charge in [0.2, 0.25) is 5.91 Å². The highest BCUT2D eigenvalue weighted by Gasteiger charge is 2.20. The molecule has 20 heavy (non-hydrogen) atoms. The molecule has 1 atom stereocenters. The summed E-state index contributed by atoms with van der Waals surface area (Å²) in [6.07, 6.45) is 2.27. The van der Waals surface area contributed by atoms with Crippen molar-refractivity contribution < 1.29 is 4.79 Å². The van der Waals surface area contributed by atoms with Crippen LogP contribution < -0.4 is 11.1 Å². The van der Waals surface area contributed by atoms with Crippen LogP contribution in [0.2, 0.25) is 5.02 Å². The molecule has 1 aliphatic heterocycles. The van der Waals surface area contributed by atoms with Crippen molar-refractivity contribution in [1.29, 1.82) is 0 Å². The Morgan fingerprint density at radius 2 is 2.35 bits per heavy atom. The summed E-state index contributed by atoms with van der Waals surface area (Å²) < 4.78 is 0.891. The summed E-state index contributed by atoms with van der Waals surface area (Å²) in [6.45, 7) is 2.94. The average Bonchev–Trinajstić information content (AvgIpc) is 2.42. The van der Waals surface area contributed by atoms with Crippen molar-refractivity contribution in [2.75, 3.05) is 31.5 Å². The summed E-state index contributed by atoms with van der Waals surface area (Å²) in [5, 5.41) is 3.39. The number of hydrogen-bond acceptors (Lipinski definition) is 3. The van der Waals surface area contributed by atoms with Crippen molar-refractivity contribution in [2.24, 2.45) is 11.7 Å². The van der Waals surface area contributed by atoms with E-state index in [1.165, 1.54) is 0 Å². The quantitative estimate of drug-likeness (QED) is 0.868. The highest BCUT2D eigenvalue weighted by molar-refractivity contribution is 9.10. The van der Waals surface area contributed by atoms with Crippen LogP contribution in [0.1, 0.15) is 12.8 Å². The van der Waals surface area contributed by atoms with Gasteiger partial charge in [0.1, 0.15) is 0 Å². The number of hydrogen-bond donors (Lipinski definition) is 2. The third-order valence-corrected chi connectivity index (χ3v) is 4.31. The van der Waals surface area contributed by atoms with Gasteiger partial charge in [0, 0.05) is 11.0 Å². The number of carbonyl (C=O) groups excluding carboxylic acids is 1. The van der Waals surface area contributed by atoms with Crippen molar-refractivity contribution in [2.45, 2.75) is 12.8 Å². The molecule has 1 unspecified atom stereocenters. The number of halogens is 2. The van der Waals surface area contributed by atoms with Gasteiger partial charge in [0.15, 0.2) is 0 Å². The monoisotopic (exact) mass is 359 g/mol. The summed E-state index contributed by atoms with van der Waals surface area (Å²) in [6, 6.07) is 5.42. The number of nitrogens with one attached hydrogen (secondary N) is 1. The summed E-state index contributed by atoms with van der Waals surface area (Å²) in [5.74, 6) is 0.472. The Balaban J connectivity index is 1.88. The molecule has 1 aromatic carbocycles. The minimum Gasteiger partial charge on any atom is -0.330 e. The van der Waals surface area contributed by atoms with Crippen molar-refractivity contribution in [3.05, 3.63) is 27.7 Å². The van der Waals surface area contributed by atoms with Crippen molar-refractivity contribution in [1.82, 2.24) is 4.90 Å². The van der Waals surface area contributed by atoms with Crippen molar-refractivity contribution >= 4 is 39.1 Å². The molecule has 1 aliphatic rings. The Bertz CT molecular complexity index is 483. The molecule has 0 saturated carbocycles. The number of benzene rings is 1. The number of rotatable bonds is 4. The predicted octanol–water partition coefficient (Wildman–Crippen LogP) is 2.71. The number of nitrogens with two attached hydrogens (primary N) is 1. The molecular formula is C14H19BrClN3O. The number of amides is 1. The smallest absolute Gasteiger partial charge is 0.238 e. The predicted molar refractivity (Wildman–Crippen MR) is 86.0 cm³/mol. The number of carbonyl (C=O) groups is 1. The molecule has 6 heteroatoms. The van der Waals surface area contributed by atoms with Crippen LogP contribution in [-0.4, -0.2) is 37.0 Å². The molecule has 4 nitrogen and oxygen atoms in total. The second kappa shape index (κ2) is 7.41. The molecule has 0 radical (unpaired) electrons. The average molecular weight is 361 g/mol. The topological polar surface area (TPSA) is 58.4 Å². The zero-order valence-electron chi connectivity index (χ0n) is 11.2. The number of anilines is 1. The molecule has 0 aliphatic carbocycles. The molecule has 110 valence electrons. The van der Waals surface area contributed by atoms with E-state index in [2.05, 4.69) is 26.1 Å². The molecule has 1 aromatic rings. The van der Waals surface area contributed by atoms with E-state index >= 15 is 0 Å². The number of nitrogens with zero attached hydrogens (tertiary/aromatic N) is 1. The second-order valence-corrected chi connectivity index (χ2v) is 6.47. The van der Waals surface area contributed by atoms with Crippen LogP contribution in [0.5, 0.6) is 0 Å². The molecule has 1 amide bonds. The van der Waals surface area contributed by atoms with Crippen molar-refractivity contribution in [3.8, 4) is 0 Å². The Labute approximate surface area is 132 Å². The van der Waals surface area contributed by atoms with E-state index in [1.807, 2.05) is 6.07 Å². The molecule has 1 saturated heterocycles. The lowest BCUT2D eigenvalue weighted by atomic mass is 9.98. The number of likely N-dealkylation sites (tertiary alicyclic amines) is 1. The van der Waals surface area contributed by atoms with Gasteiger partial charge in [0.25, 0.3) is 0 Å². The lowest BCUT2D eigenvalue weighted by Crippen LogP contribution is -2.42. The highest BCUT2D eigenvalue weighted by Crippen LogP contribution is 2.25. The van der Waals surface area contributed by atoms with E-state index in [0.29, 0.717) is 29.7 Å². The zero-order chi connectivity index (χ0) is 14.5. The van der Waals surface area contributed by atoms with E-state index in [0.717, 1.165) is 30.4 Å². The van der Waals surface area contributed by atoms with E-state index in [1.54, 1.807) is 12.1 Å². The fraction of sp³-hybridized carbons (Fsp3) is 0.500. The SMILES string of the molecule is NCC1CCCN(CC(=O)Nc2ccc(Br)cc2Cl)C1. The Hall–Kier alpha value is -0.620. The van der Waals surface area contributed by atoms with E-state index < -0.39 is 0 Å². The fourth-order valence-electron chi connectivity index (χ4n) is 2.47. The van der Waals surface area contributed by atoms with Gasteiger partial charge >= 0.3 is 0 Å². The lowest BCUT2D eigenvalue weighted by Gasteiger charge is -2.31.